The van der Waals surface area contributed by atoms with Gasteiger partial charge < -0.3 is 5.32 Å². The molecule has 1 saturated carbocycles. The van der Waals surface area contributed by atoms with E-state index in [1.807, 2.05) is 6.07 Å². The quantitative estimate of drug-likeness (QED) is 0.713. The van der Waals surface area contributed by atoms with Crippen LogP contribution in [0.4, 0.5) is 5.82 Å². The summed E-state index contributed by atoms with van der Waals surface area (Å²) in [5.41, 5.74) is 0.945. The van der Waals surface area contributed by atoms with E-state index in [0.717, 1.165) is 18.2 Å². The third kappa shape index (κ3) is 3.27. The van der Waals surface area contributed by atoms with Gasteiger partial charge in [-0.3, -0.25) is 14.2 Å². The van der Waals surface area contributed by atoms with E-state index in [0.29, 0.717) is 11.3 Å². The largest absolute Gasteiger partial charge is 0.310 e. The van der Waals surface area contributed by atoms with Gasteiger partial charge in [0.05, 0.1) is 32.8 Å². The first kappa shape index (κ1) is 17.5. The first-order valence-electron chi connectivity index (χ1n) is 8.19. The van der Waals surface area contributed by atoms with Crippen LogP contribution < -0.4 is 5.32 Å². The summed E-state index contributed by atoms with van der Waals surface area (Å²) in [5, 5.41) is 12.7. The van der Waals surface area contributed by atoms with Crippen molar-refractivity contribution >= 4 is 51.7 Å². The van der Waals surface area contributed by atoms with Crippen LogP contribution in [0, 0.1) is 17.2 Å². The molecular formula is C19H12Cl2N4O2. The molecule has 2 heterocycles. The van der Waals surface area contributed by atoms with Gasteiger partial charge in [-0.1, -0.05) is 23.2 Å². The Balaban J connectivity index is 1.74. The lowest BCUT2D eigenvalue weighted by Gasteiger charge is -2.10. The highest BCUT2D eigenvalue weighted by Crippen LogP contribution is 2.31. The Hall–Kier alpha value is -2.88. The van der Waals surface area contributed by atoms with E-state index in [-0.39, 0.29) is 33.0 Å². The van der Waals surface area contributed by atoms with Crippen molar-refractivity contribution in [1.29, 1.82) is 5.26 Å². The third-order valence-electron chi connectivity index (χ3n) is 4.38. The molecule has 0 saturated heterocycles. The summed E-state index contributed by atoms with van der Waals surface area (Å²) in [6.07, 6.45) is 4.95. The van der Waals surface area contributed by atoms with E-state index in [4.69, 9.17) is 28.5 Å². The number of pyridine rings is 1. The van der Waals surface area contributed by atoms with E-state index in [1.54, 1.807) is 24.5 Å². The van der Waals surface area contributed by atoms with E-state index in [9.17, 15) is 9.59 Å². The highest BCUT2D eigenvalue weighted by atomic mass is 35.5. The van der Waals surface area contributed by atoms with Crippen LogP contribution in [0.2, 0.25) is 10.0 Å². The van der Waals surface area contributed by atoms with Crippen LogP contribution in [0.3, 0.4) is 0 Å². The molecule has 1 fully saturated rings. The second kappa shape index (κ2) is 6.69. The number of hydrogen-bond acceptors (Lipinski definition) is 4. The molecule has 1 aliphatic rings. The maximum absolute atomic E-state index is 13.0. The van der Waals surface area contributed by atoms with Crippen molar-refractivity contribution in [2.45, 2.75) is 12.8 Å². The highest BCUT2D eigenvalue weighted by Gasteiger charge is 2.30. The molecule has 0 atom stereocenters. The number of halogens is 2. The van der Waals surface area contributed by atoms with Crippen molar-refractivity contribution in [2.24, 2.45) is 5.92 Å². The molecule has 1 aromatic carbocycles. The maximum atomic E-state index is 13.0. The molecule has 1 amide bonds. The Morgan fingerprint density at radius 1 is 1.22 bits per heavy atom. The van der Waals surface area contributed by atoms with Crippen molar-refractivity contribution in [3.8, 4) is 6.07 Å². The molecule has 134 valence electrons. The third-order valence-corrected chi connectivity index (χ3v) is 4.97. The molecule has 3 aromatic rings. The average Bonchev–Trinajstić information content (AvgIpc) is 3.41. The van der Waals surface area contributed by atoms with Crippen molar-refractivity contribution in [3.63, 3.8) is 0 Å². The lowest BCUT2D eigenvalue weighted by Crippen LogP contribution is -2.15. The van der Waals surface area contributed by atoms with E-state index >= 15 is 0 Å². The van der Waals surface area contributed by atoms with Crippen molar-refractivity contribution in [1.82, 2.24) is 9.55 Å². The van der Waals surface area contributed by atoms with Gasteiger partial charge in [-0.25, -0.2) is 4.98 Å². The Morgan fingerprint density at radius 3 is 2.56 bits per heavy atom. The predicted octanol–water partition coefficient (Wildman–Crippen LogP) is 4.25. The van der Waals surface area contributed by atoms with Crippen molar-refractivity contribution < 1.29 is 9.59 Å². The molecule has 4 rings (SSSR count). The number of nitriles is 1. The number of rotatable bonds is 3. The summed E-state index contributed by atoms with van der Waals surface area (Å²) in [7, 11) is 0. The van der Waals surface area contributed by atoms with Gasteiger partial charge in [0, 0.05) is 29.8 Å². The summed E-state index contributed by atoms with van der Waals surface area (Å²) in [4.78, 5) is 29.2. The lowest BCUT2D eigenvalue weighted by molar-refractivity contribution is -0.117. The van der Waals surface area contributed by atoms with Crippen LogP contribution in [0.5, 0.6) is 0 Å². The second-order valence-electron chi connectivity index (χ2n) is 6.31. The highest BCUT2D eigenvalue weighted by molar-refractivity contribution is 6.40. The minimum absolute atomic E-state index is 0.0483. The smallest absolute Gasteiger partial charge is 0.265 e. The van der Waals surface area contributed by atoms with Crippen LogP contribution in [0.15, 0.2) is 36.7 Å². The van der Waals surface area contributed by atoms with Crippen LogP contribution in [-0.4, -0.2) is 21.4 Å². The summed E-state index contributed by atoms with van der Waals surface area (Å²) >= 11 is 12.4. The summed E-state index contributed by atoms with van der Waals surface area (Å²) < 4.78 is 1.39. The molecule has 0 aliphatic heterocycles. The molecule has 0 spiro atoms. The number of nitrogens with zero attached hydrogens (tertiary/aromatic N) is 3. The maximum Gasteiger partial charge on any atom is 0.265 e. The van der Waals surface area contributed by atoms with Gasteiger partial charge in [0.15, 0.2) is 0 Å². The number of anilines is 1. The molecule has 0 bridgehead atoms. The van der Waals surface area contributed by atoms with Crippen LogP contribution in [-0.2, 0) is 4.79 Å². The Bertz CT molecular complexity index is 1120. The monoisotopic (exact) mass is 398 g/mol. The predicted molar refractivity (Wildman–Crippen MR) is 102 cm³/mol. The molecule has 6 nitrogen and oxygen atoms in total. The first-order chi connectivity index (χ1) is 13.0. The molecule has 2 aromatic heterocycles. The fourth-order valence-corrected chi connectivity index (χ4v) is 3.46. The minimum Gasteiger partial charge on any atom is -0.310 e. The molecule has 27 heavy (non-hydrogen) atoms. The Morgan fingerprint density at radius 2 is 1.93 bits per heavy atom. The van der Waals surface area contributed by atoms with Crippen molar-refractivity contribution in [2.75, 3.05) is 5.32 Å². The molecular weight excluding hydrogens is 387 g/mol. The minimum atomic E-state index is -0.435. The number of fused-ring (bicyclic) bond motifs is 1. The molecule has 1 N–H and O–H groups in total. The standard InChI is InChI=1S/C19H12Cl2N4O2/c20-13-5-10(8-22)6-14(21)17(13)19(27)25-4-3-12-9-23-16(7-15(12)25)24-18(26)11-1-2-11/h3-7,9,11H,1-2H2,(H,23,24,26). The zero-order valence-corrected chi connectivity index (χ0v) is 15.4. The number of aromatic nitrogens is 2. The van der Waals surface area contributed by atoms with E-state index in [1.165, 1.54) is 16.7 Å². The number of amides is 1. The number of nitrogens with one attached hydrogen (secondary N) is 1. The molecule has 0 unspecified atom stereocenters. The number of carbonyl (C=O) groups excluding carboxylic acids is 2. The van der Waals surface area contributed by atoms with Gasteiger partial charge in [-0.15, -0.1) is 0 Å². The zero-order valence-electron chi connectivity index (χ0n) is 13.9. The SMILES string of the molecule is N#Cc1cc(Cl)c(C(=O)n2ccc3cnc(NC(=O)C4CC4)cc32)c(Cl)c1. The molecule has 8 heteroatoms. The normalized spacial score (nSPS) is 13.4. The number of carbonyl (C=O) groups is 2. The topological polar surface area (TPSA) is 87.8 Å². The summed E-state index contributed by atoms with van der Waals surface area (Å²) in [5.74, 6) is -0.0732. The van der Waals surface area contributed by atoms with Crippen molar-refractivity contribution in [3.05, 3.63) is 57.8 Å². The lowest BCUT2D eigenvalue weighted by atomic mass is 10.1. The number of hydrogen-bond donors (Lipinski definition) is 1. The van der Waals surface area contributed by atoms with Gasteiger partial charge >= 0.3 is 0 Å². The van der Waals surface area contributed by atoms with Gasteiger partial charge in [-0.05, 0) is 31.0 Å². The van der Waals surface area contributed by atoms with E-state index in [2.05, 4.69) is 10.3 Å². The Labute approximate surface area is 164 Å². The summed E-state index contributed by atoms with van der Waals surface area (Å²) in [6, 6.07) is 8.11. The van der Waals surface area contributed by atoms with Gasteiger partial charge in [-0.2, -0.15) is 5.26 Å². The van der Waals surface area contributed by atoms with Gasteiger partial charge in [0.2, 0.25) is 5.91 Å². The molecule has 0 radical (unpaired) electrons. The van der Waals surface area contributed by atoms with Gasteiger partial charge in [0.25, 0.3) is 5.91 Å². The average molecular weight is 399 g/mol. The first-order valence-corrected chi connectivity index (χ1v) is 8.95. The zero-order chi connectivity index (χ0) is 19.1. The second-order valence-corrected chi connectivity index (χ2v) is 7.12. The molecule has 1 aliphatic carbocycles. The Kier molecular flexibility index (Phi) is 4.34. The van der Waals surface area contributed by atoms with E-state index < -0.39 is 5.91 Å². The van der Waals surface area contributed by atoms with Crippen LogP contribution in [0.1, 0.15) is 28.8 Å². The van der Waals surface area contributed by atoms with Gasteiger partial charge in [0.1, 0.15) is 5.82 Å². The fourth-order valence-electron chi connectivity index (χ4n) is 2.81. The fraction of sp³-hybridized carbons (Fsp3) is 0.158. The van der Waals surface area contributed by atoms with Crippen LogP contribution >= 0.6 is 23.2 Å². The summed E-state index contributed by atoms with van der Waals surface area (Å²) in [6.45, 7) is 0. The van der Waals surface area contributed by atoms with Crippen LogP contribution in [0.25, 0.3) is 10.9 Å². The number of benzene rings is 1.